The van der Waals surface area contributed by atoms with Gasteiger partial charge in [-0.1, -0.05) is 24.3 Å². The fourth-order valence-electron chi connectivity index (χ4n) is 3.85. The molecule has 8 heteroatoms. The lowest BCUT2D eigenvalue weighted by atomic mass is 9.87. The smallest absolute Gasteiger partial charge is 0.416 e. The number of alkyl halides is 3. The van der Waals surface area contributed by atoms with Gasteiger partial charge in [-0.3, -0.25) is 9.59 Å². The Kier molecular flexibility index (Phi) is 6.57. The van der Waals surface area contributed by atoms with Crippen molar-refractivity contribution in [2.45, 2.75) is 32.0 Å². The van der Waals surface area contributed by atoms with Crippen molar-refractivity contribution in [2.24, 2.45) is 5.92 Å². The Morgan fingerprint density at radius 1 is 1.10 bits per heavy atom. The summed E-state index contributed by atoms with van der Waals surface area (Å²) >= 11 is 0. The molecule has 0 saturated carbocycles. The molecule has 0 aliphatic carbocycles. The van der Waals surface area contributed by atoms with Gasteiger partial charge in [0.2, 0.25) is 5.91 Å². The summed E-state index contributed by atoms with van der Waals surface area (Å²) in [7, 11) is 1.50. The van der Waals surface area contributed by atoms with Gasteiger partial charge in [0, 0.05) is 30.6 Å². The molecule has 2 aromatic rings. The maximum absolute atomic E-state index is 13.2. The van der Waals surface area contributed by atoms with E-state index in [0.717, 1.165) is 12.1 Å². The number of ether oxygens (including phenoxy) is 1. The number of hydrogen-bond donors (Lipinski definition) is 1. The van der Waals surface area contributed by atoms with E-state index in [0.29, 0.717) is 16.9 Å². The van der Waals surface area contributed by atoms with E-state index in [1.54, 1.807) is 30.3 Å². The first-order chi connectivity index (χ1) is 14.6. The summed E-state index contributed by atoms with van der Waals surface area (Å²) in [6, 6.07) is 11.5. The normalized spacial score (nSPS) is 18.9. The first-order valence-electron chi connectivity index (χ1n) is 10.0. The average Bonchev–Trinajstić information content (AvgIpc) is 3.18. The second-order valence-electron chi connectivity index (χ2n) is 7.94. The zero-order chi connectivity index (χ0) is 22.8. The minimum Gasteiger partial charge on any atom is -0.497 e. The van der Waals surface area contributed by atoms with E-state index in [2.05, 4.69) is 5.32 Å². The van der Waals surface area contributed by atoms with Crippen molar-refractivity contribution in [1.82, 2.24) is 10.2 Å². The van der Waals surface area contributed by atoms with Crippen LogP contribution in [0.5, 0.6) is 5.75 Å². The van der Waals surface area contributed by atoms with Crippen LogP contribution in [0, 0.1) is 5.92 Å². The molecule has 1 fully saturated rings. The number of rotatable bonds is 5. The number of nitrogens with one attached hydrogen (secondary N) is 1. The van der Waals surface area contributed by atoms with Crippen LogP contribution in [-0.2, 0) is 11.0 Å². The molecule has 1 saturated heterocycles. The largest absolute Gasteiger partial charge is 0.497 e. The topological polar surface area (TPSA) is 58.6 Å². The summed E-state index contributed by atoms with van der Waals surface area (Å²) in [5, 5.41) is 2.83. The number of likely N-dealkylation sites (tertiary alicyclic amines) is 1. The van der Waals surface area contributed by atoms with Crippen molar-refractivity contribution in [1.29, 1.82) is 0 Å². The third-order valence-electron chi connectivity index (χ3n) is 5.33. The van der Waals surface area contributed by atoms with E-state index >= 15 is 0 Å². The van der Waals surface area contributed by atoms with Gasteiger partial charge < -0.3 is 15.0 Å². The Morgan fingerprint density at radius 2 is 1.81 bits per heavy atom. The van der Waals surface area contributed by atoms with Gasteiger partial charge in [-0.25, -0.2) is 0 Å². The average molecular weight is 434 g/mol. The Balaban J connectivity index is 1.92. The third kappa shape index (κ3) is 5.18. The van der Waals surface area contributed by atoms with Crippen molar-refractivity contribution in [3.8, 4) is 5.75 Å². The molecule has 5 nitrogen and oxygen atoms in total. The zero-order valence-corrected chi connectivity index (χ0v) is 17.6. The number of benzene rings is 2. The SMILES string of the molecule is COc1cccc(C(=O)N2C[C@H](c3cccc(C(F)(F)F)c3)[C@H](C(=O)NC(C)C)C2)c1. The quantitative estimate of drug-likeness (QED) is 0.771. The van der Waals surface area contributed by atoms with Gasteiger partial charge in [-0.15, -0.1) is 0 Å². The molecule has 3 rings (SSSR count). The van der Waals surface area contributed by atoms with Gasteiger partial charge >= 0.3 is 6.18 Å². The number of carbonyl (C=O) groups excluding carboxylic acids is 2. The fraction of sp³-hybridized carbons (Fsp3) is 0.391. The van der Waals surface area contributed by atoms with E-state index in [9.17, 15) is 22.8 Å². The summed E-state index contributed by atoms with van der Waals surface area (Å²) < 4.78 is 44.8. The number of carbonyl (C=O) groups is 2. The van der Waals surface area contributed by atoms with Crippen molar-refractivity contribution < 1.29 is 27.5 Å². The van der Waals surface area contributed by atoms with Crippen LogP contribution in [0.2, 0.25) is 0 Å². The summed E-state index contributed by atoms with van der Waals surface area (Å²) in [5.74, 6) is -1.25. The van der Waals surface area contributed by atoms with Crippen LogP contribution >= 0.6 is 0 Å². The molecular formula is C23H25F3N2O3. The lowest BCUT2D eigenvalue weighted by Gasteiger charge is -2.20. The van der Waals surface area contributed by atoms with Crippen molar-refractivity contribution >= 4 is 11.8 Å². The van der Waals surface area contributed by atoms with Gasteiger partial charge in [0.1, 0.15) is 5.75 Å². The predicted octanol–water partition coefficient (Wildman–Crippen LogP) is 4.09. The van der Waals surface area contributed by atoms with E-state index in [-0.39, 0.29) is 30.9 Å². The molecule has 0 unspecified atom stereocenters. The number of hydrogen-bond acceptors (Lipinski definition) is 3. The van der Waals surface area contributed by atoms with Gasteiger partial charge in [0.05, 0.1) is 18.6 Å². The van der Waals surface area contributed by atoms with Gasteiger partial charge in [0.15, 0.2) is 0 Å². The van der Waals surface area contributed by atoms with Crippen LogP contribution in [0.3, 0.4) is 0 Å². The van der Waals surface area contributed by atoms with Crippen molar-refractivity contribution in [2.75, 3.05) is 20.2 Å². The zero-order valence-electron chi connectivity index (χ0n) is 17.6. The molecule has 0 radical (unpaired) electrons. The van der Waals surface area contributed by atoms with Crippen LogP contribution < -0.4 is 10.1 Å². The highest BCUT2D eigenvalue weighted by atomic mass is 19.4. The second-order valence-corrected chi connectivity index (χ2v) is 7.94. The van der Waals surface area contributed by atoms with Crippen LogP contribution in [0.15, 0.2) is 48.5 Å². The number of methoxy groups -OCH3 is 1. The Labute approximate surface area is 179 Å². The lowest BCUT2D eigenvalue weighted by Crippen LogP contribution is -2.39. The molecule has 0 spiro atoms. The Bertz CT molecular complexity index is 959. The van der Waals surface area contributed by atoms with Crippen molar-refractivity contribution in [3.05, 3.63) is 65.2 Å². The third-order valence-corrected chi connectivity index (χ3v) is 5.33. The molecule has 2 atom stereocenters. The van der Waals surface area contributed by atoms with Crippen LogP contribution in [-0.4, -0.2) is 43.0 Å². The lowest BCUT2D eigenvalue weighted by molar-refractivity contribution is -0.137. The van der Waals surface area contributed by atoms with E-state index in [1.807, 2.05) is 13.8 Å². The highest BCUT2D eigenvalue weighted by molar-refractivity contribution is 5.95. The molecule has 1 aliphatic heterocycles. The summed E-state index contributed by atoms with van der Waals surface area (Å²) in [6.07, 6.45) is -4.49. The second kappa shape index (κ2) is 8.99. The molecule has 1 N–H and O–H groups in total. The monoisotopic (exact) mass is 434 g/mol. The molecule has 166 valence electrons. The number of amides is 2. The van der Waals surface area contributed by atoms with Crippen LogP contribution in [0.4, 0.5) is 13.2 Å². The van der Waals surface area contributed by atoms with E-state index < -0.39 is 23.6 Å². The van der Waals surface area contributed by atoms with Crippen molar-refractivity contribution in [3.63, 3.8) is 0 Å². The van der Waals surface area contributed by atoms with Crippen LogP contribution in [0.1, 0.15) is 41.3 Å². The first-order valence-corrected chi connectivity index (χ1v) is 10.0. The summed E-state index contributed by atoms with van der Waals surface area (Å²) in [5.41, 5.74) is 0.0114. The number of halogens is 3. The highest BCUT2D eigenvalue weighted by Gasteiger charge is 2.41. The fourth-order valence-corrected chi connectivity index (χ4v) is 3.85. The Morgan fingerprint density at radius 3 is 2.45 bits per heavy atom. The van der Waals surface area contributed by atoms with Gasteiger partial charge in [-0.2, -0.15) is 13.2 Å². The molecule has 31 heavy (non-hydrogen) atoms. The summed E-state index contributed by atoms with van der Waals surface area (Å²) in [4.78, 5) is 27.4. The predicted molar refractivity (Wildman–Crippen MR) is 110 cm³/mol. The molecule has 0 bridgehead atoms. The van der Waals surface area contributed by atoms with E-state index in [1.165, 1.54) is 18.1 Å². The van der Waals surface area contributed by atoms with Gasteiger partial charge in [-0.05, 0) is 43.7 Å². The molecule has 2 aromatic carbocycles. The van der Waals surface area contributed by atoms with E-state index in [4.69, 9.17) is 4.74 Å². The maximum atomic E-state index is 13.2. The molecule has 2 amide bonds. The maximum Gasteiger partial charge on any atom is 0.416 e. The Hall–Kier alpha value is -3.03. The minimum absolute atomic E-state index is 0.121. The standard InChI is InChI=1S/C23H25F3N2O3/c1-14(2)27-21(29)20-13-28(22(30)16-7-5-9-18(11-16)31-3)12-19(20)15-6-4-8-17(10-15)23(24,25)26/h4-11,14,19-20H,12-13H2,1-3H3,(H,27,29)/t19-,20-/m1/s1. The number of nitrogens with zero attached hydrogens (tertiary/aromatic N) is 1. The van der Waals surface area contributed by atoms with Gasteiger partial charge in [0.25, 0.3) is 5.91 Å². The molecule has 0 aromatic heterocycles. The van der Waals surface area contributed by atoms with Crippen LogP contribution in [0.25, 0.3) is 0 Å². The molecule has 1 aliphatic rings. The summed E-state index contributed by atoms with van der Waals surface area (Å²) in [6.45, 7) is 3.89. The first kappa shape index (κ1) is 22.7. The highest BCUT2D eigenvalue weighted by Crippen LogP contribution is 2.37. The minimum atomic E-state index is -4.49. The molecule has 1 heterocycles. The molecular weight excluding hydrogens is 409 g/mol.